The lowest BCUT2D eigenvalue weighted by molar-refractivity contribution is 0.628. The summed E-state index contributed by atoms with van der Waals surface area (Å²) in [6.45, 7) is 0. The summed E-state index contributed by atoms with van der Waals surface area (Å²) in [6, 6.07) is 14.3. The number of aromatic nitrogens is 3. The second kappa shape index (κ2) is 6.25. The first-order chi connectivity index (χ1) is 12.2. The molecule has 0 aliphatic carbocycles. The number of imidazole rings is 1. The van der Waals surface area contributed by atoms with Crippen LogP contribution in [0.4, 0.5) is 4.39 Å². The fourth-order valence-corrected chi connectivity index (χ4v) is 3.16. The van der Waals surface area contributed by atoms with E-state index >= 15 is 0 Å². The molecular weight excluding hydrogens is 315 g/mol. The van der Waals surface area contributed by atoms with Crippen LogP contribution >= 0.6 is 0 Å². The van der Waals surface area contributed by atoms with E-state index in [9.17, 15) is 4.39 Å². The summed E-state index contributed by atoms with van der Waals surface area (Å²) in [6.07, 6.45) is 5.05. The van der Waals surface area contributed by atoms with E-state index in [-0.39, 0.29) is 5.82 Å². The van der Waals surface area contributed by atoms with Crippen molar-refractivity contribution in [2.75, 3.05) is 0 Å². The Morgan fingerprint density at radius 1 is 1.12 bits per heavy atom. The van der Waals surface area contributed by atoms with Crippen LogP contribution in [0.5, 0.6) is 0 Å². The Labute approximate surface area is 144 Å². The summed E-state index contributed by atoms with van der Waals surface area (Å²) in [5, 5.41) is 10.2. The average Bonchev–Trinajstić information content (AvgIpc) is 3.26. The SMILES string of the molecule is N#Cc1ccc2c(CCc3cnc[nH]3)c(-c3cccc(F)c3)[nH]c2c1. The van der Waals surface area contributed by atoms with Gasteiger partial charge in [0.1, 0.15) is 5.82 Å². The molecule has 0 fully saturated rings. The van der Waals surface area contributed by atoms with Gasteiger partial charge in [-0.05, 0) is 42.7 Å². The number of aromatic amines is 2. The van der Waals surface area contributed by atoms with E-state index in [1.54, 1.807) is 12.4 Å². The van der Waals surface area contributed by atoms with Gasteiger partial charge in [-0.3, -0.25) is 0 Å². The van der Waals surface area contributed by atoms with Crippen LogP contribution in [0.3, 0.4) is 0 Å². The van der Waals surface area contributed by atoms with Crippen molar-refractivity contribution in [3.05, 3.63) is 77.6 Å². The van der Waals surface area contributed by atoms with Crippen LogP contribution in [0.15, 0.2) is 55.0 Å². The number of H-pyrrole nitrogens is 2. The lowest BCUT2D eigenvalue weighted by atomic mass is 10.00. The van der Waals surface area contributed by atoms with E-state index in [1.165, 1.54) is 12.1 Å². The highest BCUT2D eigenvalue weighted by molar-refractivity contribution is 5.91. The number of nitrogens with zero attached hydrogens (tertiary/aromatic N) is 2. The molecule has 0 atom stereocenters. The van der Waals surface area contributed by atoms with Gasteiger partial charge in [0, 0.05) is 34.1 Å². The van der Waals surface area contributed by atoms with E-state index in [4.69, 9.17) is 5.26 Å². The molecule has 4 aromatic rings. The first-order valence-corrected chi connectivity index (χ1v) is 8.02. The highest BCUT2D eigenvalue weighted by atomic mass is 19.1. The van der Waals surface area contributed by atoms with Gasteiger partial charge in [0.2, 0.25) is 0 Å². The average molecular weight is 330 g/mol. The lowest BCUT2D eigenvalue weighted by Gasteiger charge is -2.05. The molecule has 2 N–H and O–H groups in total. The third-order valence-electron chi connectivity index (χ3n) is 4.35. The normalized spacial score (nSPS) is 10.9. The smallest absolute Gasteiger partial charge is 0.123 e. The molecule has 0 aliphatic rings. The third-order valence-corrected chi connectivity index (χ3v) is 4.35. The molecule has 0 saturated heterocycles. The van der Waals surface area contributed by atoms with Crippen LogP contribution in [0, 0.1) is 17.1 Å². The van der Waals surface area contributed by atoms with Crippen molar-refractivity contribution in [2.24, 2.45) is 0 Å². The molecule has 2 aromatic heterocycles. The van der Waals surface area contributed by atoms with Crippen molar-refractivity contribution in [3.8, 4) is 17.3 Å². The highest BCUT2D eigenvalue weighted by Crippen LogP contribution is 2.32. The fraction of sp³-hybridized carbons (Fsp3) is 0.100. The number of nitriles is 1. The molecule has 122 valence electrons. The number of nitrogens with one attached hydrogen (secondary N) is 2. The van der Waals surface area contributed by atoms with Gasteiger partial charge in [-0.25, -0.2) is 9.37 Å². The van der Waals surface area contributed by atoms with Crippen LogP contribution < -0.4 is 0 Å². The first kappa shape index (κ1) is 15.2. The van der Waals surface area contributed by atoms with Crippen molar-refractivity contribution in [1.29, 1.82) is 5.26 Å². The van der Waals surface area contributed by atoms with Crippen LogP contribution in [0.1, 0.15) is 16.8 Å². The van der Waals surface area contributed by atoms with Gasteiger partial charge < -0.3 is 9.97 Å². The molecule has 0 bridgehead atoms. The van der Waals surface area contributed by atoms with Crippen LogP contribution in [-0.2, 0) is 12.8 Å². The molecule has 0 aliphatic heterocycles. The zero-order chi connectivity index (χ0) is 17.2. The number of halogens is 1. The molecule has 2 heterocycles. The predicted octanol–water partition coefficient (Wildman–Crippen LogP) is 4.35. The second-order valence-electron chi connectivity index (χ2n) is 5.94. The number of hydrogen-bond donors (Lipinski definition) is 2. The Kier molecular flexibility index (Phi) is 3.79. The van der Waals surface area contributed by atoms with Crippen LogP contribution in [0.2, 0.25) is 0 Å². The lowest BCUT2D eigenvalue weighted by Crippen LogP contribution is -1.93. The second-order valence-corrected chi connectivity index (χ2v) is 5.94. The van der Waals surface area contributed by atoms with Gasteiger partial charge in [-0.1, -0.05) is 18.2 Å². The van der Waals surface area contributed by atoms with Crippen molar-refractivity contribution >= 4 is 10.9 Å². The van der Waals surface area contributed by atoms with Crippen LogP contribution in [-0.4, -0.2) is 15.0 Å². The van der Waals surface area contributed by atoms with E-state index in [2.05, 4.69) is 21.0 Å². The van der Waals surface area contributed by atoms with Gasteiger partial charge in [0.15, 0.2) is 0 Å². The zero-order valence-corrected chi connectivity index (χ0v) is 13.4. The summed E-state index contributed by atoms with van der Waals surface area (Å²) in [7, 11) is 0. The molecule has 0 radical (unpaired) electrons. The fourth-order valence-electron chi connectivity index (χ4n) is 3.16. The number of benzene rings is 2. The summed E-state index contributed by atoms with van der Waals surface area (Å²) >= 11 is 0. The monoisotopic (exact) mass is 330 g/mol. The number of rotatable bonds is 4. The quantitative estimate of drug-likeness (QED) is 0.584. The number of hydrogen-bond acceptors (Lipinski definition) is 2. The van der Waals surface area contributed by atoms with E-state index in [0.29, 0.717) is 5.56 Å². The third kappa shape index (κ3) is 2.90. The Bertz CT molecular complexity index is 1070. The Balaban J connectivity index is 1.84. The predicted molar refractivity (Wildman–Crippen MR) is 94.4 cm³/mol. The Hall–Kier alpha value is -3.39. The van der Waals surface area contributed by atoms with Gasteiger partial charge in [0.25, 0.3) is 0 Å². The summed E-state index contributed by atoms with van der Waals surface area (Å²) in [4.78, 5) is 10.5. The van der Waals surface area contributed by atoms with Crippen molar-refractivity contribution in [3.63, 3.8) is 0 Å². The van der Waals surface area contributed by atoms with Crippen molar-refractivity contribution < 1.29 is 4.39 Å². The maximum absolute atomic E-state index is 13.7. The summed E-state index contributed by atoms with van der Waals surface area (Å²) in [5.41, 5.74) is 5.34. The van der Waals surface area contributed by atoms with Crippen molar-refractivity contribution in [1.82, 2.24) is 15.0 Å². The minimum Gasteiger partial charge on any atom is -0.354 e. The molecular formula is C20H15FN4. The van der Waals surface area contributed by atoms with Gasteiger partial charge in [-0.15, -0.1) is 0 Å². The van der Waals surface area contributed by atoms with Crippen LogP contribution in [0.25, 0.3) is 22.2 Å². The molecule has 5 heteroatoms. The number of aryl methyl sites for hydroxylation is 2. The largest absolute Gasteiger partial charge is 0.354 e. The van der Waals surface area contributed by atoms with E-state index in [0.717, 1.165) is 46.3 Å². The molecule has 25 heavy (non-hydrogen) atoms. The van der Waals surface area contributed by atoms with Gasteiger partial charge in [-0.2, -0.15) is 5.26 Å². The standard InChI is InChI=1S/C20H15FN4/c21-15-3-1-2-14(9-15)20-18(7-5-16-11-23-12-24-16)17-6-4-13(10-22)8-19(17)25-20/h1-4,6,8-9,11-12,25H,5,7H2,(H,23,24). The highest BCUT2D eigenvalue weighted by Gasteiger charge is 2.14. The summed E-state index contributed by atoms with van der Waals surface area (Å²) < 4.78 is 13.7. The number of fused-ring (bicyclic) bond motifs is 1. The molecule has 0 saturated carbocycles. The minimum absolute atomic E-state index is 0.270. The maximum atomic E-state index is 13.7. The molecule has 2 aromatic carbocycles. The van der Waals surface area contributed by atoms with Gasteiger partial charge in [0.05, 0.1) is 18.0 Å². The topological polar surface area (TPSA) is 68.3 Å². The zero-order valence-electron chi connectivity index (χ0n) is 13.4. The molecule has 4 nitrogen and oxygen atoms in total. The Morgan fingerprint density at radius 2 is 2.04 bits per heavy atom. The Morgan fingerprint density at radius 3 is 2.80 bits per heavy atom. The first-order valence-electron chi connectivity index (χ1n) is 8.02. The molecule has 0 unspecified atom stereocenters. The van der Waals surface area contributed by atoms with Gasteiger partial charge >= 0.3 is 0 Å². The summed E-state index contributed by atoms with van der Waals surface area (Å²) in [5.74, 6) is -0.270. The molecule has 4 rings (SSSR count). The molecule has 0 spiro atoms. The van der Waals surface area contributed by atoms with Crippen molar-refractivity contribution in [2.45, 2.75) is 12.8 Å². The maximum Gasteiger partial charge on any atom is 0.123 e. The molecule has 0 amide bonds. The van der Waals surface area contributed by atoms with E-state index < -0.39 is 0 Å². The van der Waals surface area contributed by atoms with E-state index in [1.807, 2.05) is 30.5 Å². The minimum atomic E-state index is -0.270.